The Kier molecular flexibility index (Phi) is 3.38. The van der Waals surface area contributed by atoms with Gasteiger partial charge < -0.3 is 9.84 Å². The topological polar surface area (TPSA) is 46.5 Å². The summed E-state index contributed by atoms with van der Waals surface area (Å²) < 4.78 is 31.5. The lowest BCUT2D eigenvalue weighted by atomic mass is 10.0. The molecule has 0 aliphatic carbocycles. The number of alkyl halides is 2. The molecular formula is C10H9ClF2O3. The van der Waals surface area contributed by atoms with E-state index in [1.807, 2.05) is 0 Å². The summed E-state index contributed by atoms with van der Waals surface area (Å²) in [6.45, 7) is 1.51. The van der Waals surface area contributed by atoms with Crippen molar-refractivity contribution in [2.24, 2.45) is 0 Å². The summed E-state index contributed by atoms with van der Waals surface area (Å²) in [5, 5.41) is 8.48. The summed E-state index contributed by atoms with van der Waals surface area (Å²) in [6.07, 6.45) is 0. The first kappa shape index (κ1) is 12.7. The number of carboxylic acids is 1. The first-order valence-corrected chi connectivity index (χ1v) is 4.64. The number of rotatable bonds is 3. The van der Waals surface area contributed by atoms with Crippen molar-refractivity contribution in [1.82, 2.24) is 0 Å². The third-order valence-corrected chi connectivity index (χ3v) is 2.27. The van der Waals surface area contributed by atoms with Gasteiger partial charge in [0, 0.05) is 5.02 Å². The van der Waals surface area contributed by atoms with E-state index in [0.29, 0.717) is 5.56 Å². The maximum atomic E-state index is 13.3. The van der Waals surface area contributed by atoms with E-state index in [1.165, 1.54) is 20.1 Å². The van der Waals surface area contributed by atoms with Gasteiger partial charge in [0.05, 0.1) is 12.7 Å². The van der Waals surface area contributed by atoms with E-state index >= 15 is 0 Å². The number of methoxy groups -OCH3 is 1. The van der Waals surface area contributed by atoms with Crippen LogP contribution in [0.4, 0.5) is 8.78 Å². The Labute approximate surface area is 95.6 Å². The molecule has 0 aliphatic heterocycles. The molecule has 0 spiro atoms. The molecule has 0 fully saturated rings. The number of aryl methyl sites for hydroxylation is 1. The van der Waals surface area contributed by atoms with Gasteiger partial charge >= 0.3 is 11.9 Å². The number of ether oxygens (including phenoxy) is 1. The Balaban J connectivity index is 3.48. The Morgan fingerprint density at radius 3 is 2.50 bits per heavy atom. The minimum absolute atomic E-state index is 0.0363. The lowest BCUT2D eigenvalue weighted by Crippen LogP contribution is -2.26. The van der Waals surface area contributed by atoms with E-state index in [0.717, 1.165) is 6.07 Å². The molecule has 0 aliphatic rings. The molecule has 16 heavy (non-hydrogen) atoms. The van der Waals surface area contributed by atoms with Crippen LogP contribution in [0, 0.1) is 6.92 Å². The molecule has 0 heterocycles. The van der Waals surface area contributed by atoms with E-state index in [4.69, 9.17) is 21.4 Å². The van der Waals surface area contributed by atoms with Gasteiger partial charge in [-0.25, -0.2) is 4.79 Å². The number of halogens is 3. The minimum Gasteiger partial charge on any atom is -0.496 e. The second kappa shape index (κ2) is 4.25. The molecule has 0 saturated carbocycles. The smallest absolute Gasteiger partial charge is 0.379 e. The van der Waals surface area contributed by atoms with Crippen LogP contribution in [0.2, 0.25) is 5.02 Å². The molecule has 3 nitrogen and oxygen atoms in total. The van der Waals surface area contributed by atoms with Gasteiger partial charge in [0.25, 0.3) is 0 Å². The predicted molar refractivity (Wildman–Crippen MR) is 54.3 cm³/mol. The van der Waals surface area contributed by atoms with Crippen molar-refractivity contribution in [1.29, 1.82) is 0 Å². The molecule has 0 radical (unpaired) electrons. The number of benzene rings is 1. The minimum atomic E-state index is -4.03. The monoisotopic (exact) mass is 250 g/mol. The summed E-state index contributed by atoms with van der Waals surface area (Å²) >= 11 is 5.61. The second-order valence-corrected chi connectivity index (χ2v) is 3.62. The molecule has 0 amide bonds. The molecule has 0 atom stereocenters. The van der Waals surface area contributed by atoms with Crippen molar-refractivity contribution < 1.29 is 23.4 Å². The molecule has 0 unspecified atom stereocenters. The van der Waals surface area contributed by atoms with Crippen LogP contribution in [-0.4, -0.2) is 18.2 Å². The normalized spacial score (nSPS) is 11.3. The molecule has 0 bridgehead atoms. The van der Waals surface area contributed by atoms with E-state index < -0.39 is 17.5 Å². The van der Waals surface area contributed by atoms with Gasteiger partial charge in [0.1, 0.15) is 5.75 Å². The highest BCUT2D eigenvalue weighted by molar-refractivity contribution is 6.30. The van der Waals surface area contributed by atoms with Crippen LogP contribution < -0.4 is 4.74 Å². The summed E-state index contributed by atoms with van der Waals surface area (Å²) in [7, 11) is 1.19. The van der Waals surface area contributed by atoms with Crippen molar-refractivity contribution in [3.8, 4) is 5.75 Å². The lowest BCUT2D eigenvalue weighted by molar-refractivity contribution is -0.166. The van der Waals surface area contributed by atoms with Crippen molar-refractivity contribution in [2.75, 3.05) is 7.11 Å². The van der Waals surface area contributed by atoms with E-state index in [1.54, 1.807) is 0 Å². The summed E-state index contributed by atoms with van der Waals surface area (Å²) in [6, 6.07) is 2.31. The van der Waals surface area contributed by atoms with Crippen molar-refractivity contribution in [3.63, 3.8) is 0 Å². The van der Waals surface area contributed by atoms with Gasteiger partial charge in [-0.2, -0.15) is 8.78 Å². The van der Waals surface area contributed by atoms with Gasteiger partial charge in [-0.3, -0.25) is 0 Å². The zero-order chi connectivity index (χ0) is 12.5. The summed E-state index contributed by atoms with van der Waals surface area (Å²) in [5.74, 6) is -6.44. The lowest BCUT2D eigenvalue weighted by Gasteiger charge is -2.17. The number of hydrogen-bond donors (Lipinski definition) is 1. The van der Waals surface area contributed by atoms with Crippen LogP contribution in [0.25, 0.3) is 0 Å². The number of hydrogen-bond acceptors (Lipinski definition) is 2. The molecule has 6 heteroatoms. The van der Waals surface area contributed by atoms with Gasteiger partial charge in [-0.15, -0.1) is 0 Å². The standard InChI is InChI=1S/C10H9ClF2O3/c1-5-3-6(11)4-7(8(5)16-2)10(12,13)9(14)15/h3-4H,1-2H3,(H,14,15). The van der Waals surface area contributed by atoms with Crippen LogP contribution in [0.3, 0.4) is 0 Å². The van der Waals surface area contributed by atoms with E-state index in [2.05, 4.69) is 0 Å². The average Bonchev–Trinajstić information content (AvgIpc) is 2.16. The molecule has 0 saturated heterocycles. The molecule has 0 aromatic heterocycles. The van der Waals surface area contributed by atoms with Gasteiger partial charge in [-0.05, 0) is 24.6 Å². The first-order valence-electron chi connectivity index (χ1n) is 4.26. The fourth-order valence-corrected chi connectivity index (χ4v) is 1.62. The quantitative estimate of drug-likeness (QED) is 0.897. The van der Waals surface area contributed by atoms with Crippen molar-refractivity contribution in [2.45, 2.75) is 12.8 Å². The zero-order valence-electron chi connectivity index (χ0n) is 8.55. The number of carbonyl (C=O) groups is 1. The van der Waals surface area contributed by atoms with Gasteiger partial charge in [0.2, 0.25) is 0 Å². The average molecular weight is 251 g/mol. The highest BCUT2D eigenvalue weighted by atomic mass is 35.5. The van der Waals surface area contributed by atoms with Gasteiger partial charge in [0.15, 0.2) is 0 Å². The van der Waals surface area contributed by atoms with Crippen LogP contribution in [0.15, 0.2) is 12.1 Å². The number of aliphatic carboxylic acids is 1. The number of carboxylic acid groups (broad SMARTS) is 1. The fourth-order valence-electron chi connectivity index (χ4n) is 1.35. The van der Waals surface area contributed by atoms with Gasteiger partial charge in [-0.1, -0.05) is 11.6 Å². The molecule has 1 rings (SSSR count). The Morgan fingerprint density at radius 1 is 1.50 bits per heavy atom. The molecule has 88 valence electrons. The Bertz CT molecular complexity index is 432. The fraction of sp³-hybridized carbons (Fsp3) is 0.300. The summed E-state index contributed by atoms with van der Waals surface area (Å²) in [4.78, 5) is 10.5. The van der Waals surface area contributed by atoms with E-state index in [9.17, 15) is 13.6 Å². The Morgan fingerprint density at radius 2 is 2.06 bits per heavy atom. The van der Waals surface area contributed by atoms with Crippen LogP contribution in [-0.2, 0) is 10.7 Å². The van der Waals surface area contributed by atoms with Crippen LogP contribution >= 0.6 is 11.6 Å². The van der Waals surface area contributed by atoms with Crippen LogP contribution in [0.5, 0.6) is 5.75 Å². The van der Waals surface area contributed by atoms with Crippen molar-refractivity contribution >= 4 is 17.6 Å². The SMILES string of the molecule is COc1c(C)cc(Cl)cc1C(F)(F)C(=O)O. The highest BCUT2D eigenvalue weighted by Gasteiger charge is 2.44. The highest BCUT2D eigenvalue weighted by Crippen LogP contribution is 2.39. The second-order valence-electron chi connectivity index (χ2n) is 3.18. The molecular weight excluding hydrogens is 242 g/mol. The van der Waals surface area contributed by atoms with Crippen LogP contribution in [0.1, 0.15) is 11.1 Å². The van der Waals surface area contributed by atoms with E-state index in [-0.39, 0.29) is 10.8 Å². The maximum Gasteiger partial charge on any atom is 0.379 e. The molecule has 1 N–H and O–H groups in total. The third kappa shape index (κ3) is 2.09. The maximum absolute atomic E-state index is 13.3. The zero-order valence-corrected chi connectivity index (χ0v) is 9.31. The third-order valence-electron chi connectivity index (χ3n) is 2.05. The Hall–Kier alpha value is -1.36. The predicted octanol–water partition coefficient (Wildman–Crippen LogP) is 2.83. The molecule has 1 aromatic carbocycles. The molecule has 1 aromatic rings. The first-order chi connectivity index (χ1) is 7.30. The largest absolute Gasteiger partial charge is 0.496 e. The summed E-state index contributed by atoms with van der Waals surface area (Å²) in [5.41, 5.74) is -0.390. The van der Waals surface area contributed by atoms with Crippen molar-refractivity contribution in [3.05, 3.63) is 28.3 Å².